The molecule has 16 heavy (non-hydrogen) atoms. The lowest BCUT2D eigenvalue weighted by Gasteiger charge is -2.06. The summed E-state index contributed by atoms with van der Waals surface area (Å²) in [5, 5.41) is 0.777. The maximum Gasteiger partial charge on any atom is 0.330 e. The summed E-state index contributed by atoms with van der Waals surface area (Å²) >= 11 is 11.8. The Morgan fingerprint density at radius 1 is 1.25 bits per heavy atom. The van der Waals surface area contributed by atoms with E-state index >= 15 is 0 Å². The molecule has 0 saturated heterocycles. The van der Waals surface area contributed by atoms with Gasteiger partial charge >= 0.3 is 5.97 Å². The monoisotopic (exact) mass is 260 g/mol. The Hall–Kier alpha value is -1.19. The molecule has 1 aromatic carbocycles. The number of carbonyl (C=O) groups is 1. The normalized spacial score (nSPS) is 10.5. The minimum atomic E-state index is -0.442. The molecule has 0 aromatic heterocycles. The van der Waals surface area contributed by atoms with Crippen LogP contribution in [0.1, 0.15) is 5.56 Å². The highest BCUT2D eigenvalue weighted by Crippen LogP contribution is 2.34. The summed E-state index contributed by atoms with van der Waals surface area (Å²) in [5.74, 6) is -0.0263. The van der Waals surface area contributed by atoms with Crippen molar-refractivity contribution in [1.29, 1.82) is 0 Å². The summed E-state index contributed by atoms with van der Waals surface area (Å²) in [4.78, 5) is 10.9. The van der Waals surface area contributed by atoms with E-state index in [2.05, 4.69) is 4.74 Å². The highest BCUT2D eigenvalue weighted by molar-refractivity contribution is 6.37. The number of hydrogen-bond acceptors (Lipinski definition) is 3. The molecular formula is C11H10Cl2O3. The number of methoxy groups -OCH3 is 2. The Bertz CT molecular complexity index is 404. The van der Waals surface area contributed by atoms with Crippen LogP contribution in [0.4, 0.5) is 0 Å². The Morgan fingerprint density at radius 3 is 2.25 bits per heavy atom. The molecular weight excluding hydrogens is 251 g/mol. The van der Waals surface area contributed by atoms with Crippen LogP contribution in [0, 0.1) is 0 Å². The Kier molecular flexibility index (Phi) is 4.65. The molecule has 0 saturated carbocycles. The Labute approximate surface area is 104 Å². The van der Waals surface area contributed by atoms with Crippen molar-refractivity contribution >= 4 is 35.2 Å². The molecule has 0 fully saturated rings. The average Bonchev–Trinajstić information content (AvgIpc) is 2.25. The number of hydrogen-bond donors (Lipinski definition) is 0. The molecule has 0 bridgehead atoms. The lowest BCUT2D eigenvalue weighted by atomic mass is 10.2. The lowest BCUT2D eigenvalue weighted by molar-refractivity contribution is -0.134. The van der Waals surface area contributed by atoms with Crippen LogP contribution in [-0.4, -0.2) is 20.2 Å². The zero-order valence-corrected chi connectivity index (χ0v) is 10.3. The molecule has 0 heterocycles. The minimum absolute atomic E-state index is 0.388. The van der Waals surface area contributed by atoms with E-state index in [1.54, 1.807) is 18.2 Å². The van der Waals surface area contributed by atoms with Crippen molar-refractivity contribution in [3.8, 4) is 5.75 Å². The summed E-state index contributed by atoms with van der Waals surface area (Å²) in [6.07, 6.45) is 2.84. The maximum atomic E-state index is 10.9. The van der Waals surface area contributed by atoms with Crippen LogP contribution in [0.25, 0.3) is 6.08 Å². The molecule has 3 nitrogen and oxygen atoms in total. The average molecular weight is 261 g/mol. The van der Waals surface area contributed by atoms with Gasteiger partial charge in [0, 0.05) is 6.08 Å². The Balaban J connectivity index is 3.00. The van der Waals surface area contributed by atoms with Gasteiger partial charge in [-0.05, 0) is 23.8 Å². The van der Waals surface area contributed by atoms with Crippen LogP contribution >= 0.6 is 23.2 Å². The SMILES string of the molecule is COC(=O)/C=C/c1cc(Cl)c(OC)c(Cl)c1. The van der Waals surface area contributed by atoms with Gasteiger partial charge in [-0.1, -0.05) is 23.2 Å². The number of rotatable bonds is 3. The summed E-state index contributed by atoms with van der Waals surface area (Å²) in [6, 6.07) is 3.29. The van der Waals surface area contributed by atoms with Gasteiger partial charge in [-0.25, -0.2) is 4.79 Å². The summed E-state index contributed by atoms with van der Waals surface area (Å²) in [7, 11) is 2.79. The zero-order chi connectivity index (χ0) is 12.1. The van der Waals surface area contributed by atoms with Gasteiger partial charge in [-0.15, -0.1) is 0 Å². The number of halogens is 2. The molecule has 0 atom stereocenters. The molecule has 0 N–H and O–H groups in total. The van der Waals surface area contributed by atoms with Crippen molar-refractivity contribution in [2.24, 2.45) is 0 Å². The molecule has 5 heteroatoms. The van der Waals surface area contributed by atoms with Crippen molar-refractivity contribution < 1.29 is 14.3 Å². The predicted molar refractivity (Wildman–Crippen MR) is 64.1 cm³/mol. The second kappa shape index (κ2) is 5.77. The standard InChI is InChI=1S/C11H10Cl2O3/c1-15-10(14)4-3-7-5-8(12)11(16-2)9(13)6-7/h3-6H,1-2H3/b4-3+. The van der Waals surface area contributed by atoms with E-state index < -0.39 is 5.97 Å². The topological polar surface area (TPSA) is 35.5 Å². The fourth-order valence-corrected chi connectivity index (χ4v) is 1.76. The second-order valence-electron chi connectivity index (χ2n) is 2.87. The van der Waals surface area contributed by atoms with E-state index in [0.717, 1.165) is 0 Å². The van der Waals surface area contributed by atoms with Gasteiger partial charge < -0.3 is 9.47 Å². The third-order valence-electron chi connectivity index (χ3n) is 1.84. The van der Waals surface area contributed by atoms with Crippen LogP contribution < -0.4 is 4.74 Å². The van der Waals surface area contributed by atoms with Crippen LogP contribution in [0.5, 0.6) is 5.75 Å². The van der Waals surface area contributed by atoms with E-state index in [1.807, 2.05) is 0 Å². The van der Waals surface area contributed by atoms with Gasteiger partial charge in [0.15, 0.2) is 5.75 Å². The van der Waals surface area contributed by atoms with E-state index in [1.165, 1.54) is 20.3 Å². The smallest absolute Gasteiger partial charge is 0.330 e. The number of esters is 1. The fraction of sp³-hybridized carbons (Fsp3) is 0.182. The highest BCUT2D eigenvalue weighted by Gasteiger charge is 2.07. The first-order valence-corrected chi connectivity index (χ1v) is 5.13. The first kappa shape index (κ1) is 12.9. The molecule has 0 amide bonds. The molecule has 0 aliphatic carbocycles. The predicted octanol–water partition coefficient (Wildman–Crippen LogP) is 3.19. The van der Waals surface area contributed by atoms with Crippen molar-refractivity contribution in [1.82, 2.24) is 0 Å². The lowest BCUT2D eigenvalue weighted by Crippen LogP contribution is -1.93. The zero-order valence-electron chi connectivity index (χ0n) is 8.79. The highest BCUT2D eigenvalue weighted by atomic mass is 35.5. The molecule has 0 unspecified atom stereocenters. The summed E-state index contributed by atoms with van der Waals surface area (Å²) < 4.78 is 9.46. The van der Waals surface area contributed by atoms with Gasteiger partial charge in [-0.3, -0.25) is 0 Å². The molecule has 1 rings (SSSR count). The van der Waals surface area contributed by atoms with E-state index in [0.29, 0.717) is 21.4 Å². The molecule has 0 spiro atoms. The fourth-order valence-electron chi connectivity index (χ4n) is 1.10. The third-order valence-corrected chi connectivity index (χ3v) is 2.40. The summed E-state index contributed by atoms with van der Waals surface area (Å²) in [5.41, 5.74) is 0.696. The van der Waals surface area contributed by atoms with E-state index in [9.17, 15) is 4.79 Å². The van der Waals surface area contributed by atoms with Gasteiger partial charge in [0.2, 0.25) is 0 Å². The van der Waals surface area contributed by atoms with Gasteiger partial charge in [0.1, 0.15) is 0 Å². The van der Waals surface area contributed by atoms with Crippen LogP contribution in [0.15, 0.2) is 18.2 Å². The molecule has 0 aliphatic rings. The number of benzene rings is 1. The van der Waals surface area contributed by atoms with Crippen LogP contribution in [0.3, 0.4) is 0 Å². The van der Waals surface area contributed by atoms with Gasteiger partial charge in [-0.2, -0.15) is 0 Å². The summed E-state index contributed by atoms with van der Waals surface area (Å²) in [6.45, 7) is 0. The van der Waals surface area contributed by atoms with Gasteiger partial charge in [0.25, 0.3) is 0 Å². The van der Waals surface area contributed by atoms with Crippen LogP contribution in [-0.2, 0) is 9.53 Å². The first-order valence-electron chi connectivity index (χ1n) is 4.37. The molecule has 1 aromatic rings. The third kappa shape index (κ3) is 3.15. The number of ether oxygens (including phenoxy) is 2. The maximum absolute atomic E-state index is 10.9. The molecule has 0 aliphatic heterocycles. The van der Waals surface area contributed by atoms with Crippen molar-refractivity contribution in [2.75, 3.05) is 14.2 Å². The van der Waals surface area contributed by atoms with Crippen molar-refractivity contribution in [3.63, 3.8) is 0 Å². The first-order chi connectivity index (χ1) is 7.58. The quantitative estimate of drug-likeness (QED) is 0.619. The van der Waals surface area contributed by atoms with E-state index in [4.69, 9.17) is 27.9 Å². The van der Waals surface area contributed by atoms with Gasteiger partial charge in [0.05, 0.1) is 24.3 Å². The minimum Gasteiger partial charge on any atom is -0.494 e. The number of carbonyl (C=O) groups excluding carboxylic acids is 1. The molecule has 86 valence electrons. The largest absolute Gasteiger partial charge is 0.494 e. The van der Waals surface area contributed by atoms with Crippen molar-refractivity contribution in [2.45, 2.75) is 0 Å². The van der Waals surface area contributed by atoms with Crippen molar-refractivity contribution in [3.05, 3.63) is 33.8 Å². The van der Waals surface area contributed by atoms with E-state index in [-0.39, 0.29) is 0 Å². The Morgan fingerprint density at radius 2 is 1.81 bits per heavy atom. The molecule has 0 radical (unpaired) electrons. The second-order valence-corrected chi connectivity index (χ2v) is 3.69. The van der Waals surface area contributed by atoms with Crippen LogP contribution in [0.2, 0.25) is 10.0 Å².